The molecule has 1 N–H and O–H groups in total. The molecule has 0 aliphatic rings. The molecule has 0 amide bonds. The van der Waals surface area contributed by atoms with E-state index in [9.17, 15) is 0 Å². The van der Waals surface area contributed by atoms with Gasteiger partial charge >= 0.3 is 0 Å². The van der Waals surface area contributed by atoms with Crippen molar-refractivity contribution in [2.75, 3.05) is 19.0 Å². The number of nitriles is 1. The van der Waals surface area contributed by atoms with E-state index in [-0.39, 0.29) is 0 Å². The topological polar surface area (TPSA) is 39.1 Å². The van der Waals surface area contributed by atoms with Gasteiger partial charge in [-0.3, -0.25) is 4.72 Å². The summed E-state index contributed by atoms with van der Waals surface area (Å²) in [6, 6.07) is 10.7. The van der Waals surface area contributed by atoms with Crippen molar-refractivity contribution in [3.8, 4) is 6.07 Å². The van der Waals surface area contributed by atoms with Gasteiger partial charge in [0, 0.05) is 25.8 Å². The van der Waals surface area contributed by atoms with Crippen LogP contribution in [-0.2, 0) is 0 Å². The first kappa shape index (κ1) is 14.6. The van der Waals surface area contributed by atoms with E-state index in [0.717, 1.165) is 11.3 Å². The number of hydrogen-bond acceptors (Lipinski definition) is 4. The molecular weight excluding hydrogens is 242 g/mol. The summed E-state index contributed by atoms with van der Waals surface area (Å²) in [4.78, 5) is 2.72. The molecule has 96 valence electrons. The second-order valence-electron chi connectivity index (χ2n) is 4.48. The second-order valence-corrected chi connectivity index (χ2v) is 5.36. The molecule has 0 aromatic heterocycles. The summed E-state index contributed by atoms with van der Waals surface area (Å²) >= 11 is 1.37. The van der Waals surface area contributed by atoms with Gasteiger partial charge in [0.15, 0.2) is 0 Å². The summed E-state index contributed by atoms with van der Waals surface area (Å²) in [6.07, 6.45) is 1.89. The lowest BCUT2D eigenvalue weighted by Crippen LogP contribution is -2.13. The van der Waals surface area contributed by atoms with E-state index in [0.29, 0.717) is 10.9 Å². The Kier molecular flexibility index (Phi) is 5.76. The Morgan fingerprint density at radius 1 is 1.33 bits per heavy atom. The minimum atomic E-state index is 0.350. The van der Waals surface area contributed by atoms with Gasteiger partial charge in [-0.25, -0.2) is 0 Å². The number of nitrogens with one attached hydrogen (secondary N) is 1. The fourth-order valence-corrected chi connectivity index (χ4v) is 1.89. The molecule has 4 heteroatoms. The van der Waals surface area contributed by atoms with Gasteiger partial charge in [-0.05, 0) is 49.6 Å². The summed E-state index contributed by atoms with van der Waals surface area (Å²) in [5.41, 5.74) is 2.19. The number of rotatable bonds is 5. The molecule has 0 heterocycles. The van der Waals surface area contributed by atoms with Gasteiger partial charge in [0.2, 0.25) is 0 Å². The molecule has 1 rings (SSSR count). The van der Waals surface area contributed by atoms with Crippen molar-refractivity contribution in [1.82, 2.24) is 4.72 Å². The van der Waals surface area contributed by atoms with Crippen LogP contribution in [0.4, 0.5) is 5.69 Å². The van der Waals surface area contributed by atoms with Crippen LogP contribution in [0, 0.1) is 11.3 Å². The smallest absolute Gasteiger partial charge is 0.107 e. The molecule has 0 fully saturated rings. The molecule has 1 aromatic carbocycles. The third-order valence-electron chi connectivity index (χ3n) is 2.22. The highest BCUT2D eigenvalue weighted by Gasteiger charge is 2.00. The summed E-state index contributed by atoms with van der Waals surface area (Å²) in [6.45, 7) is 4.10. The summed E-state index contributed by atoms with van der Waals surface area (Å²) in [5, 5.41) is 9.06. The Balaban J connectivity index is 2.77. The predicted octanol–water partition coefficient (Wildman–Crippen LogP) is 3.26. The Morgan fingerprint density at radius 3 is 2.39 bits per heavy atom. The summed E-state index contributed by atoms with van der Waals surface area (Å²) in [7, 11) is 4.02. The molecule has 0 bridgehead atoms. The first-order chi connectivity index (χ1) is 8.52. The number of benzene rings is 1. The van der Waals surface area contributed by atoms with E-state index in [4.69, 9.17) is 5.26 Å². The Morgan fingerprint density at radius 2 is 1.94 bits per heavy atom. The first-order valence-electron chi connectivity index (χ1n) is 5.84. The quantitative estimate of drug-likeness (QED) is 0.652. The van der Waals surface area contributed by atoms with Gasteiger partial charge in [0.25, 0.3) is 0 Å². The molecule has 0 spiro atoms. The number of hydrogen-bond donors (Lipinski definition) is 1. The lowest BCUT2D eigenvalue weighted by molar-refractivity contribution is 0.773. The van der Waals surface area contributed by atoms with Crippen molar-refractivity contribution in [1.29, 1.82) is 5.26 Å². The third kappa shape index (κ3) is 4.82. The monoisotopic (exact) mass is 261 g/mol. The Hall–Kier alpha value is -1.44. The fourth-order valence-electron chi connectivity index (χ4n) is 1.29. The van der Waals surface area contributed by atoms with Gasteiger partial charge in [-0.15, -0.1) is 0 Å². The van der Waals surface area contributed by atoms with Crippen LogP contribution < -0.4 is 9.62 Å². The highest BCUT2D eigenvalue weighted by Crippen LogP contribution is 2.18. The van der Waals surface area contributed by atoms with Crippen molar-refractivity contribution in [2.45, 2.75) is 19.9 Å². The molecule has 3 nitrogen and oxygen atoms in total. The van der Waals surface area contributed by atoms with Gasteiger partial charge in [-0.1, -0.05) is 12.1 Å². The summed E-state index contributed by atoms with van der Waals surface area (Å²) in [5.74, 6) is 0. The highest BCUT2D eigenvalue weighted by molar-refractivity contribution is 8.01. The van der Waals surface area contributed by atoms with Crippen LogP contribution in [0.3, 0.4) is 0 Å². The van der Waals surface area contributed by atoms with Crippen molar-refractivity contribution >= 4 is 23.7 Å². The number of allylic oxidation sites excluding steroid dienone is 1. The van der Waals surface area contributed by atoms with Gasteiger partial charge in [0.05, 0.1) is 0 Å². The minimum absolute atomic E-state index is 0.350. The SMILES string of the molecule is CC(C)NS/C(C#N)=C/c1ccc(N(C)C)cc1. The molecule has 1 aromatic rings. The van der Waals surface area contributed by atoms with E-state index in [1.807, 2.05) is 63.2 Å². The normalized spacial score (nSPS) is 11.4. The van der Waals surface area contributed by atoms with Crippen molar-refractivity contribution in [3.05, 3.63) is 34.7 Å². The van der Waals surface area contributed by atoms with Gasteiger partial charge in [-0.2, -0.15) is 5.26 Å². The average Bonchev–Trinajstić information content (AvgIpc) is 2.34. The van der Waals surface area contributed by atoms with E-state index in [1.54, 1.807) is 0 Å². The van der Waals surface area contributed by atoms with Crippen molar-refractivity contribution < 1.29 is 0 Å². The summed E-state index contributed by atoms with van der Waals surface area (Å²) < 4.78 is 3.16. The van der Waals surface area contributed by atoms with E-state index in [2.05, 4.69) is 10.8 Å². The van der Waals surface area contributed by atoms with Crippen LogP contribution in [0.25, 0.3) is 6.08 Å². The molecule has 0 aliphatic heterocycles. The molecule has 0 saturated heterocycles. The average molecular weight is 261 g/mol. The maximum Gasteiger partial charge on any atom is 0.107 e. The second kappa shape index (κ2) is 7.10. The molecule has 0 aliphatic carbocycles. The third-order valence-corrected chi connectivity index (χ3v) is 3.24. The van der Waals surface area contributed by atoms with Crippen LogP contribution in [-0.4, -0.2) is 20.1 Å². The van der Waals surface area contributed by atoms with Gasteiger partial charge < -0.3 is 4.90 Å². The highest BCUT2D eigenvalue weighted by atomic mass is 32.2. The van der Waals surface area contributed by atoms with Crippen LogP contribution >= 0.6 is 11.9 Å². The lowest BCUT2D eigenvalue weighted by atomic mass is 10.2. The molecule has 18 heavy (non-hydrogen) atoms. The molecule has 0 atom stereocenters. The molecular formula is C14H19N3S. The van der Waals surface area contributed by atoms with Crippen molar-refractivity contribution in [3.63, 3.8) is 0 Å². The standard InChI is InChI=1S/C14H19N3S/c1-11(2)16-18-14(10-15)9-12-5-7-13(8-6-12)17(3)4/h5-9,11,16H,1-4H3/b14-9+. The zero-order valence-electron chi connectivity index (χ0n) is 11.3. The minimum Gasteiger partial charge on any atom is -0.378 e. The van der Waals surface area contributed by atoms with Crippen LogP contribution in [0.15, 0.2) is 29.2 Å². The van der Waals surface area contributed by atoms with E-state index in [1.165, 1.54) is 11.9 Å². The van der Waals surface area contributed by atoms with E-state index < -0.39 is 0 Å². The maximum absolute atomic E-state index is 9.06. The Labute approximate surface area is 114 Å². The van der Waals surface area contributed by atoms with Gasteiger partial charge in [0.1, 0.15) is 11.0 Å². The van der Waals surface area contributed by atoms with Crippen LogP contribution in [0.1, 0.15) is 19.4 Å². The predicted molar refractivity (Wildman–Crippen MR) is 80.2 cm³/mol. The largest absolute Gasteiger partial charge is 0.378 e. The van der Waals surface area contributed by atoms with Crippen molar-refractivity contribution in [2.24, 2.45) is 0 Å². The first-order valence-corrected chi connectivity index (χ1v) is 6.66. The zero-order valence-corrected chi connectivity index (χ0v) is 12.1. The lowest BCUT2D eigenvalue weighted by Gasteiger charge is -2.12. The number of anilines is 1. The van der Waals surface area contributed by atoms with E-state index >= 15 is 0 Å². The van der Waals surface area contributed by atoms with Crippen LogP contribution in [0.5, 0.6) is 0 Å². The molecule has 0 radical (unpaired) electrons. The molecule has 0 unspecified atom stereocenters. The maximum atomic E-state index is 9.06. The molecule has 0 saturated carbocycles. The Bertz CT molecular complexity index is 441. The fraction of sp³-hybridized carbons (Fsp3) is 0.357. The van der Waals surface area contributed by atoms with Crippen LogP contribution in [0.2, 0.25) is 0 Å². The number of nitrogens with zero attached hydrogens (tertiary/aromatic N) is 2. The zero-order chi connectivity index (χ0) is 13.5.